The van der Waals surface area contributed by atoms with E-state index in [1.54, 1.807) is 0 Å². The average Bonchev–Trinajstić information content (AvgIpc) is 3.30. The van der Waals surface area contributed by atoms with Crippen LogP contribution in [-0.2, 0) is 11.3 Å². The molecule has 1 unspecified atom stereocenters. The van der Waals surface area contributed by atoms with Crippen LogP contribution < -0.4 is 11.1 Å². The van der Waals surface area contributed by atoms with Crippen LogP contribution in [0.3, 0.4) is 0 Å². The van der Waals surface area contributed by atoms with Gasteiger partial charge >= 0.3 is 0 Å². The van der Waals surface area contributed by atoms with E-state index in [1.165, 1.54) is 18.4 Å². The summed E-state index contributed by atoms with van der Waals surface area (Å²) in [5.41, 5.74) is 7.72. The first-order chi connectivity index (χ1) is 9.63. The minimum Gasteiger partial charge on any atom is -0.399 e. The molecule has 20 heavy (non-hydrogen) atoms. The Morgan fingerprint density at radius 3 is 2.50 bits per heavy atom. The van der Waals surface area contributed by atoms with Gasteiger partial charge in [-0.15, -0.1) is 0 Å². The molecule has 3 N–H and O–H groups in total. The molecule has 1 amide bonds. The van der Waals surface area contributed by atoms with Gasteiger partial charge in [-0.25, -0.2) is 0 Å². The van der Waals surface area contributed by atoms with Gasteiger partial charge in [-0.1, -0.05) is 12.1 Å². The van der Waals surface area contributed by atoms with E-state index in [4.69, 9.17) is 5.73 Å². The van der Waals surface area contributed by atoms with Gasteiger partial charge in [0.2, 0.25) is 5.91 Å². The molecule has 2 saturated carbocycles. The van der Waals surface area contributed by atoms with Crippen LogP contribution in [0.5, 0.6) is 0 Å². The summed E-state index contributed by atoms with van der Waals surface area (Å²) in [7, 11) is 0. The van der Waals surface area contributed by atoms with Crippen molar-refractivity contribution in [1.29, 1.82) is 0 Å². The van der Waals surface area contributed by atoms with Crippen molar-refractivity contribution in [2.45, 2.75) is 57.3 Å². The SMILES string of the molecule is CC(C(=O)NC1CC1)N(Cc1ccc(N)cc1)C1CC1. The molecule has 1 atom stereocenters. The van der Waals surface area contributed by atoms with Gasteiger partial charge in [-0.2, -0.15) is 0 Å². The number of nitrogens with one attached hydrogen (secondary N) is 1. The fourth-order valence-electron chi connectivity index (χ4n) is 2.52. The quantitative estimate of drug-likeness (QED) is 0.778. The van der Waals surface area contributed by atoms with Crippen molar-refractivity contribution in [2.75, 3.05) is 5.73 Å². The molecule has 0 aromatic heterocycles. The monoisotopic (exact) mass is 273 g/mol. The Bertz CT molecular complexity index is 477. The molecule has 2 aliphatic rings. The van der Waals surface area contributed by atoms with Gasteiger partial charge in [0.05, 0.1) is 6.04 Å². The zero-order valence-electron chi connectivity index (χ0n) is 12.0. The van der Waals surface area contributed by atoms with Crippen LogP contribution in [0.4, 0.5) is 5.69 Å². The lowest BCUT2D eigenvalue weighted by Crippen LogP contribution is -2.46. The maximum atomic E-state index is 12.2. The van der Waals surface area contributed by atoms with E-state index in [0.717, 1.165) is 25.1 Å². The summed E-state index contributed by atoms with van der Waals surface area (Å²) in [4.78, 5) is 14.6. The number of anilines is 1. The molecule has 4 nitrogen and oxygen atoms in total. The van der Waals surface area contributed by atoms with E-state index in [1.807, 2.05) is 19.1 Å². The summed E-state index contributed by atoms with van der Waals surface area (Å²) in [6, 6.07) is 8.90. The van der Waals surface area contributed by atoms with Gasteiger partial charge in [-0.05, 0) is 50.3 Å². The summed E-state index contributed by atoms with van der Waals surface area (Å²) in [5.74, 6) is 0.176. The summed E-state index contributed by atoms with van der Waals surface area (Å²) in [6.07, 6.45) is 4.69. The lowest BCUT2D eigenvalue weighted by atomic mass is 10.1. The smallest absolute Gasteiger partial charge is 0.237 e. The molecule has 1 aromatic rings. The van der Waals surface area contributed by atoms with Gasteiger partial charge in [0, 0.05) is 24.3 Å². The Balaban J connectivity index is 1.65. The molecule has 0 aliphatic heterocycles. The molecule has 0 bridgehead atoms. The Labute approximate surface area is 120 Å². The molecule has 0 spiro atoms. The van der Waals surface area contributed by atoms with Crippen LogP contribution in [-0.4, -0.2) is 28.9 Å². The third-order valence-corrected chi connectivity index (χ3v) is 4.16. The average molecular weight is 273 g/mol. The minimum atomic E-state index is -0.0550. The van der Waals surface area contributed by atoms with Crippen LogP contribution in [0.2, 0.25) is 0 Å². The predicted molar refractivity (Wildman–Crippen MR) is 80.0 cm³/mol. The van der Waals surface area contributed by atoms with Crippen LogP contribution in [0, 0.1) is 0 Å². The predicted octanol–water partition coefficient (Wildman–Crippen LogP) is 1.90. The molecule has 0 radical (unpaired) electrons. The fraction of sp³-hybridized carbons (Fsp3) is 0.562. The largest absolute Gasteiger partial charge is 0.399 e. The van der Waals surface area contributed by atoms with Crippen LogP contribution >= 0.6 is 0 Å². The van der Waals surface area contributed by atoms with E-state index in [-0.39, 0.29) is 11.9 Å². The number of nitrogens with two attached hydrogens (primary N) is 1. The van der Waals surface area contributed by atoms with Crippen molar-refractivity contribution in [1.82, 2.24) is 10.2 Å². The molecule has 2 fully saturated rings. The lowest BCUT2D eigenvalue weighted by Gasteiger charge is -2.28. The zero-order chi connectivity index (χ0) is 14.1. The maximum Gasteiger partial charge on any atom is 0.237 e. The zero-order valence-corrected chi connectivity index (χ0v) is 12.0. The molecule has 1 aromatic carbocycles. The highest BCUT2D eigenvalue weighted by atomic mass is 16.2. The third-order valence-electron chi connectivity index (χ3n) is 4.16. The van der Waals surface area contributed by atoms with Gasteiger partial charge in [0.1, 0.15) is 0 Å². The number of benzene rings is 1. The summed E-state index contributed by atoms with van der Waals surface area (Å²) >= 11 is 0. The molecule has 0 heterocycles. The first kappa shape index (κ1) is 13.4. The Morgan fingerprint density at radius 1 is 1.30 bits per heavy atom. The molecule has 4 heteroatoms. The lowest BCUT2D eigenvalue weighted by molar-refractivity contribution is -0.126. The molecule has 2 aliphatic carbocycles. The van der Waals surface area contributed by atoms with Gasteiger partial charge in [-0.3, -0.25) is 9.69 Å². The summed E-state index contributed by atoms with van der Waals surface area (Å²) in [6.45, 7) is 2.84. The maximum absolute atomic E-state index is 12.2. The number of hydrogen-bond acceptors (Lipinski definition) is 3. The molecular formula is C16H23N3O. The molecule has 0 saturated heterocycles. The van der Waals surface area contributed by atoms with Crippen molar-refractivity contribution in [2.24, 2.45) is 0 Å². The second-order valence-corrected chi connectivity index (χ2v) is 6.10. The highest BCUT2D eigenvalue weighted by Gasteiger charge is 2.36. The van der Waals surface area contributed by atoms with Crippen LogP contribution in [0.25, 0.3) is 0 Å². The van der Waals surface area contributed by atoms with Crippen LogP contribution in [0.15, 0.2) is 24.3 Å². The molecule has 108 valence electrons. The number of rotatable bonds is 6. The second-order valence-electron chi connectivity index (χ2n) is 6.10. The molecular weight excluding hydrogens is 250 g/mol. The van der Waals surface area contributed by atoms with E-state index in [9.17, 15) is 4.79 Å². The van der Waals surface area contributed by atoms with Gasteiger partial charge in [0.15, 0.2) is 0 Å². The highest BCUT2D eigenvalue weighted by molar-refractivity contribution is 5.82. The normalized spacial score (nSPS) is 19.9. The number of hydrogen-bond donors (Lipinski definition) is 2. The van der Waals surface area contributed by atoms with E-state index in [2.05, 4.69) is 22.3 Å². The first-order valence-corrected chi connectivity index (χ1v) is 7.54. The highest BCUT2D eigenvalue weighted by Crippen LogP contribution is 2.30. The van der Waals surface area contributed by atoms with Crippen molar-refractivity contribution in [3.8, 4) is 0 Å². The van der Waals surface area contributed by atoms with E-state index in [0.29, 0.717) is 12.1 Å². The Hall–Kier alpha value is -1.55. The third kappa shape index (κ3) is 3.31. The van der Waals surface area contributed by atoms with Crippen molar-refractivity contribution >= 4 is 11.6 Å². The fourth-order valence-corrected chi connectivity index (χ4v) is 2.52. The first-order valence-electron chi connectivity index (χ1n) is 7.54. The second kappa shape index (κ2) is 5.44. The van der Waals surface area contributed by atoms with Crippen molar-refractivity contribution in [3.63, 3.8) is 0 Å². The number of carbonyl (C=O) groups is 1. The minimum absolute atomic E-state index is 0.0550. The van der Waals surface area contributed by atoms with Crippen LogP contribution in [0.1, 0.15) is 38.2 Å². The molecule has 3 rings (SSSR count). The van der Waals surface area contributed by atoms with E-state index >= 15 is 0 Å². The van der Waals surface area contributed by atoms with E-state index < -0.39 is 0 Å². The standard InChI is InChI=1S/C16H23N3O/c1-11(16(20)18-14-6-7-14)19(15-8-9-15)10-12-2-4-13(17)5-3-12/h2-5,11,14-15H,6-10,17H2,1H3,(H,18,20). The Kier molecular flexibility index (Phi) is 3.66. The topological polar surface area (TPSA) is 58.4 Å². The Morgan fingerprint density at radius 2 is 1.95 bits per heavy atom. The summed E-state index contributed by atoms with van der Waals surface area (Å²) in [5, 5.41) is 3.11. The van der Waals surface area contributed by atoms with Crippen molar-refractivity contribution in [3.05, 3.63) is 29.8 Å². The van der Waals surface area contributed by atoms with Gasteiger partial charge < -0.3 is 11.1 Å². The summed E-state index contributed by atoms with van der Waals surface area (Å²) < 4.78 is 0. The van der Waals surface area contributed by atoms with Gasteiger partial charge in [0.25, 0.3) is 0 Å². The number of carbonyl (C=O) groups excluding carboxylic acids is 1. The number of nitrogen functional groups attached to an aromatic ring is 1. The van der Waals surface area contributed by atoms with Crippen molar-refractivity contribution < 1.29 is 4.79 Å². The number of amides is 1. The number of nitrogens with zero attached hydrogens (tertiary/aromatic N) is 1.